The molecule has 0 saturated heterocycles. The van der Waals surface area contributed by atoms with Crippen molar-refractivity contribution in [1.82, 2.24) is 0 Å². The van der Waals surface area contributed by atoms with E-state index in [9.17, 15) is 0 Å². The molecular formula is C20H25N3O2. The van der Waals surface area contributed by atoms with Crippen molar-refractivity contribution in [2.75, 3.05) is 48.5 Å². The molecular weight excluding hydrogens is 314 g/mol. The van der Waals surface area contributed by atoms with Gasteiger partial charge in [0.25, 0.3) is 0 Å². The first kappa shape index (κ1) is 17.3. The maximum atomic E-state index is 9.14. The van der Waals surface area contributed by atoms with Crippen LogP contribution in [-0.2, 0) is 0 Å². The van der Waals surface area contributed by atoms with E-state index in [1.54, 1.807) is 0 Å². The number of para-hydroxylation sites is 2. The summed E-state index contributed by atoms with van der Waals surface area (Å²) in [6.07, 6.45) is 4.39. The van der Waals surface area contributed by atoms with Gasteiger partial charge in [-0.2, -0.15) is 0 Å². The molecule has 0 aliphatic carbocycles. The molecule has 2 aromatic rings. The molecule has 25 heavy (non-hydrogen) atoms. The fourth-order valence-corrected chi connectivity index (χ4v) is 3.10. The molecule has 3 N–H and O–H groups in total. The summed E-state index contributed by atoms with van der Waals surface area (Å²) in [5.41, 5.74) is 4.47. The van der Waals surface area contributed by atoms with Gasteiger partial charge in [0, 0.05) is 25.8 Å². The van der Waals surface area contributed by atoms with Crippen LogP contribution in [0.3, 0.4) is 0 Å². The second kappa shape index (κ2) is 8.05. The Kier molecular flexibility index (Phi) is 5.58. The van der Waals surface area contributed by atoms with Gasteiger partial charge in [-0.1, -0.05) is 30.3 Å². The average Bonchev–Trinajstić information content (AvgIpc) is 2.97. The summed E-state index contributed by atoms with van der Waals surface area (Å²) in [5, 5.41) is 21.8. The van der Waals surface area contributed by atoms with Gasteiger partial charge in [-0.05, 0) is 35.9 Å². The lowest BCUT2D eigenvalue weighted by Crippen LogP contribution is -2.29. The number of anilines is 3. The Labute approximate surface area is 148 Å². The van der Waals surface area contributed by atoms with E-state index in [1.165, 1.54) is 5.69 Å². The van der Waals surface area contributed by atoms with Crippen LogP contribution >= 0.6 is 0 Å². The Bertz CT molecular complexity index is 709. The highest BCUT2D eigenvalue weighted by molar-refractivity contribution is 5.77. The third-order valence-electron chi connectivity index (χ3n) is 4.47. The van der Waals surface area contributed by atoms with Crippen molar-refractivity contribution in [3.05, 3.63) is 60.2 Å². The van der Waals surface area contributed by atoms with Crippen molar-refractivity contribution in [3.8, 4) is 0 Å². The molecule has 1 atom stereocenters. The van der Waals surface area contributed by atoms with Gasteiger partial charge in [0.05, 0.1) is 24.6 Å². The third kappa shape index (κ3) is 3.95. The van der Waals surface area contributed by atoms with Crippen LogP contribution in [0.1, 0.15) is 5.56 Å². The van der Waals surface area contributed by atoms with Crippen molar-refractivity contribution in [2.24, 2.45) is 0 Å². The minimum absolute atomic E-state index is 0.0713. The topological polar surface area (TPSA) is 59.0 Å². The number of nitrogens with zero attached hydrogens (tertiary/aromatic N) is 2. The van der Waals surface area contributed by atoms with Gasteiger partial charge in [-0.25, -0.2) is 0 Å². The van der Waals surface area contributed by atoms with Crippen LogP contribution in [0.5, 0.6) is 0 Å². The first-order valence-electron chi connectivity index (χ1n) is 8.56. The zero-order valence-electron chi connectivity index (χ0n) is 14.5. The largest absolute Gasteiger partial charge is 0.395 e. The zero-order valence-corrected chi connectivity index (χ0v) is 14.5. The number of hydrogen-bond acceptors (Lipinski definition) is 5. The van der Waals surface area contributed by atoms with E-state index < -0.39 is 0 Å². The highest BCUT2D eigenvalue weighted by Gasteiger charge is 2.22. The Morgan fingerprint density at radius 2 is 1.72 bits per heavy atom. The highest BCUT2D eigenvalue weighted by atomic mass is 16.3. The number of aliphatic hydroxyl groups excluding tert-OH is 2. The molecule has 132 valence electrons. The predicted octanol–water partition coefficient (Wildman–Crippen LogP) is 2.38. The van der Waals surface area contributed by atoms with E-state index >= 15 is 0 Å². The summed E-state index contributed by atoms with van der Waals surface area (Å²) in [7, 11) is 2.08. The van der Waals surface area contributed by atoms with Crippen molar-refractivity contribution in [3.63, 3.8) is 0 Å². The number of hydrogen-bond donors (Lipinski definition) is 3. The minimum Gasteiger partial charge on any atom is -0.395 e. The molecule has 0 fully saturated rings. The number of aliphatic hydroxyl groups is 2. The average molecular weight is 339 g/mol. The number of benzene rings is 2. The normalized spacial score (nSPS) is 16.1. The van der Waals surface area contributed by atoms with Crippen LogP contribution in [0, 0.1) is 0 Å². The van der Waals surface area contributed by atoms with Crippen LogP contribution in [0.4, 0.5) is 17.1 Å². The van der Waals surface area contributed by atoms with Crippen molar-refractivity contribution >= 4 is 23.1 Å². The van der Waals surface area contributed by atoms with Crippen molar-refractivity contribution in [1.29, 1.82) is 0 Å². The lowest BCUT2D eigenvalue weighted by molar-refractivity contribution is 0.281. The molecule has 0 amide bonds. The smallest absolute Gasteiger partial charge is 0.119 e. The first-order valence-corrected chi connectivity index (χ1v) is 8.56. The monoisotopic (exact) mass is 339 g/mol. The van der Waals surface area contributed by atoms with Gasteiger partial charge in [0.2, 0.25) is 0 Å². The summed E-state index contributed by atoms with van der Waals surface area (Å²) < 4.78 is 0. The molecule has 3 rings (SSSR count). The predicted molar refractivity (Wildman–Crippen MR) is 104 cm³/mol. The van der Waals surface area contributed by atoms with E-state index in [-0.39, 0.29) is 19.4 Å². The Morgan fingerprint density at radius 3 is 2.36 bits per heavy atom. The summed E-state index contributed by atoms with van der Waals surface area (Å²) in [5.74, 6) is 0. The van der Waals surface area contributed by atoms with E-state index in [2.05, 4.69) is 53.7 Å². The molecule has 1 aliphatic heterocycles. The minimum atomic E-state index is 0.0713. The molecule has 1 aliphatic rings. The number of fused-ring (bicyclic) bond motifs is 1. The SMILES string of the molecule is CN1c2ccccc2NC1C=Cc1ccc(N(CCO)CCO)cc1. The van der Waals surface area contributed by atoms with Gasteiger partial charge in [-0.15, -0.1) is 0 Å². The van der Waals surface area contributed by atoms with Gasteiger partial charge in [-0.3, -0.25) is 0 Å². The second-order valence-electron chi connectivity index (χ2n) is 6.10. The van der Waals surface area contributed by atoms with Crippen molar-refractivity contribution < 1.29 is 10.2 Å². The van der Waals surface area contributed by atoms with Gasteiger partial charge < -0.3 is 25.3 Å². The van der Waals surface area contributed by atoms with Crippen LogP contribution < -0.4 is 15.1 Å². The summed E-state index contributed by atoms with van der Waals surface area (Å²) in [4.78, 5) is 4.18. The van der Waals surface area contributed by atoms with Crippen molar-refractivity contribution in [2.45, 2.75) is 6.17 Å². The molecule has 0 spiro atoms. The van der Waals surface area contributed by atoms with E-state index in [4.69, 9.17) is 10.2 Å². The van der Waals surface area contributed by atoms with Gasteiger partial charge >= 0.3 is 0 Å². The van der Waals surface area contributed by atoms with Crippen LogP contribution in [0.2, 0.25) is 0 Å². The Balaban J connectivity index is 1.67. The number of likely N-dealkylation sites (N-methyl/N-ethyl adjacent to an activating group) is 1. The third-order valence-corrected chi connectivity index (χ3v) is 4.47. The van der Waals surface area contributed by atoms with E-state index in [0.717, 1.165) is 16.9 Å². The molecule has 0 aromatic heterocycles. The molecule has 2 aromatic carbocycles. The van der Waals surface area contributed by atoms with Crippen LogP contribution in [-0.4, -0.2) is 49.7 Å². The lowest BCUT2D eigenvalue weighted by atomic mass is 10.1. The molecule has 0 bridgehead atoms. The lowest BCUT2D eigenvalue weighted by Gasteiger charge is -2.23. The van der Waals surface area contributed by atoms with Gasteiger partial charge in [0.1, 0.15) is 6.17 Å². The summed E-state index contributed by atoms with van der Waals surface area (Å²) >= 11 is 0. The molecule has 1 unspecified atom stereocenters. The van der Waals surface area contributed by atoms with Crippen LogP contribution in [0.15, 0.2) is 54.6 Å². The molecule has 5 heteroatoms. The molecule has 5 nitrogen and oxygen atoms in total. The highest BCUT2D eigenvalue weighted by Crippen LogP contribution is 2.33. The number of rotatable bonds is 7. The molecule has 1 heterocycles. The fraction of sp³-hybridized carbons (Fsp3) is 0.300. The summed E-state index contributed by atoms with van der Waals surface area (Å²) in [6, 6.07) is 16.4. The Morgan fingerprint density at radius 1 is 1.04 bits per heavy atom. The maximum Gasteiger partial charge on any atom is 0.119 e. The first-order chi connectivity index (χ1) is 12.2. The van der Waals surface area contributed by atoms with Gasteiger partial charge in [0.15, 0.2) is 0 Å². The fourth-order valence-electron chi connectivity index (χ4n) is 3.10. The maximum absolute atomic E-state index is 9.14. The summed E-state index contributed by atoms with van der Waals surface area (Å²) in [6.45, 7) is 1.18. The number of nitrogens with one attached hydrogen (secondary N) is 1. The Hall–Kier alpha value is -2.50. The van der Waals surface area contributed by atoms with E-state index in [0.29, 0.717) is 13.1 Å². The standard InChI is InChI=1S/C20H25N3O2/c1-22-19-5-3-2-4-18(19)21-20(22)11-8-16-6-9-17(10-7-16)23(12-14-24)13-15-25/h2-11,20-21,24-25H,12-15H2,1H3. The van der Waals surface area contributed by atoms with Crippen LogP contribution in [0.25, 0.3) is 6.08 Å². The molecule has 0 radical (unpaired) electrons. The zero-order chi connectivity index (χ0) is 17.6. The quantitative estimate of drug-likeness (QED) is 0.723. The second-order valence-corrected chi connectivity index (χ2v) is 6.10. The molecule has 0 saturated carbocycles. The van der Waals surface area contributed by atoms with E-state index in [1.807, 2.05) is 29.2 Å².